The van der Waals surface area contributed by atoms with Crippen molar-refractivity contribution in [1.82, 2.24) is 20.6 Å². The van der Waals surface area contributed by atoms with Crippen molar-refractivity contribution in [1.29, 1.82) is 0 Å². The van der Waals surface area contributed by atoms with Gasteiger partial charge in [0.2, 0.25) is 0 Å². The molecule has 22 heteroatoms. The van der Waals surface area contributed by atoms with Crippen molar-refractivity contribution < 1.29 is 83.8 Å². The van der Waals surface area contributed by atoms with Crippen LogP contribution in [0, 0.1) is 11.6 Å². The Morgan fingerprint density at radius 2 is 1.00 bits per heavy atom. The summed E-state index contributed by atoms with van der Waals surface area (Å²) in [6, 6.07) is 18.9. The Labute approximate surface area is 425 Å². The molecular formula is C53H58F8N4O10. The Hall–Kier alpha value is -7.20. The van der Waals surface area contributed by atoms with Crippen LogP contribution in [0.3, 0.4) is 0 Å². The van der Waals surface area contributed by atoms with E-state index in [2.05, 4.69) is 25.3 Å². The third-order valence-electron chi connectivity index (χ3n) is 12.6. The van der Waals surface area contributed by atoms with Crippen LogP contribution in [0.5, 0.6) is 11.5 Å². The van der Waals surface area contributed by atoms with Crippen molar-refractivity contribution in [3.63, 3.8) is 0 Å². The van der Waals surface area contributed by atoms with Crippen LogP contribution < -0.4 is 20.1 Å². The first kappa shape index (κ1) is 58.7. The Morgan fingerprint density at radius 1 is 0.587 bits per heavy atom. The highest BCUT2D eigenvalue weighted by atomic mass is 19.4. The highest BCUT2D eigenvalue weighted by molar-refractivity contribution is 5.99. The zero-order chi connectivity index (χ0) is 55.9. The predicted octanol–water partition coefficient (Wildman–Crippen LogP) is 9.54. The number of aliphatic hydroxyl groups is 2. The SMILES string of the molecule is COC(=O)CCCNC(=O)c1ccc2[nH]c(CC(O)(CC(C)(C)c3cc(F)ccc3OC)C(F)(F)F)cc2c1.COc1ccc(F)cc1C(C)(C)CC(O)(Cc1cc2cc(C(=O)NCC(=O)O)ccc2[nH]1)C(F)(F)F. The molecular weight excluding hydrogens is 1000 g/mol. The first-order valence-corrected chi connectivity index (χ1v) is 23.2. The molecule has 0 spiro atoms. The fraction of sp³-hybridized carbons (Fsp3) is 0.396. The number of esters is 1. The topological polar surface area (TPSA) is 212 Å². The third kappa shape index (κ3) is 14.6. The van der Waals surface area contributed by atoms with E-state index in [1.807, 2.05) is 0 Å². The number of carbonyl (C=O) groups excluding carboxylic acids is 3. The highest BCUT2D eigenvalue weighted by Gasteiger charge is 2.57. The number of methoxy groups -OCH3 is 3. The first-order chi connectivity index (χ1) is 34.8. The summed E-state index contributed by atoms with van der Waals surface area (Å²) in [4.78, 5) is 52.1. The maximum Gasteiger partial charge on any atom is 0.417 e. The monoisotopic (exact) mass is 1060 g/mol. The number of carbonyl (C=O) groups is 4. The zero-order valence-corrected chi connectivity index (χ0v) is 42.0. The van der Waals surface area contributed by atoms with E-state index < -0.39 is 96.0 Å². The van der Waals surface area contributed by atoms with Crippen LogP contribution in [0.1, 0.15) is 96.6 Å². The van der Waals surface area contributed by atoms with E-state index in [4.69, 9.17) is 14.6 Å². The quantitative estimate of drug-likeness (QED) is 0.0219. The number of aromatic nitrogens is 2. The second-order valence-electron chi connectivity index (χ2n) is 19.4. The molecule has 6 rings (SSSR count). The van der Waals surface area contributed by atoms with Gasteiger partial charge in [0.05, 0.1) is 21.3 Å². The Bertz CT molecular complexity index is 3020. The molecule has 0 bridgehead atoms. The summed E-state index contributed by atoms with van der Waals surface area (Å²) >= 11 is 0. The lowest BCUT2D eigenvalue weighted by molar-refractivity contribution is -0.266. The van der Waals surface area contributed by atoms with E-state index in [0.29, 0.717) is 28.2 Å². The smallest absolute Gasteiger partial charge is 0.417 e. The molecule has 0 saturated carbocycles. The summed E-state index contributed by atoms with van der Waals surface area (Å²) in [5.41, 5.74) is -7.10. The highest BCUT2D eigenvalue weighted by Crippen LogP contribution is 2.47. The number of H-pyrrole nitrogens is 2. The van der Waals surface area contributed by atoms with Crippen LogP contribution in [-0.2, 0) is 38.0 Å². The van der Waals surface area contributed by atoms with Crippen molar-refractivity contribution in [2.75, 3.05) is 34.4 Å². The number of nitrogens with one attached hydrogen (secondary N) is 4. The van der Waals surface area contributed by atoms with Crippen molar-refractivity contribution in [2.24, 2.45) is 0 Å². The van der Waals surface area contributed by atoms with Crippen LogP contribution in [0.2, 0.25) is 0 Å². The van der Waals surface area contributed by atoms with Crippen LogP contribution in [0.4, 0.5) is 35.1 Å². The molecule has 2 atom stereocenters. The Morgan fingerprint density at radius 3 is 1.37 bits per heavy atom. The van der Waals surface area contributed by atoms with Crippen molar-refractivity contribution in [3.05, 3.63) is 130 Å². The molecule has 0 aliphatic carbocycles. The number of rotatable bonds is 20. The van der Waals surface area contributed by atoms with Crippen molar-refractivity contribution in [3.8, 4) is 11.5 Å². The van der Waals surface area contributed by atoms with Crippen LogP contribution in [-0.4, -0.2) is 107 Å². The number of benzene rings is 4. The molecule has 0 aliphatic heterocycles. The van der Waals surface area contributed by atoms with Gasteiger partial charge < -0.3 is 50.1 Å². The minimum atomic E-state index is -5.02. The van der Waals surface area contributed by atoms with Gasteiger partial charge in [-0.3, -0.25) is 19.2 Å². The number of hydrogen-bond acceptors (Lipinski definition) is 9. The Kier molecular flexibility index (Phi) is 18.1. The summed E-state index contributed by atoms with van der Waals surface area (Å²) in [5.74, 6) is -3.53. The molecule has 2 heterocycles. The van der Waals surface area contributed by atoms with Gasteiger partial charge in [0.25, 0.3) is 11.8 Å². The number of ether oxygens (including phenoxy) is 3. The van der Waals surface area contributed by atoms with Crippen LogP contribution >= 0.6 is 0 Å². The minimum absolute atomic E-state index is 0.0647. The second kappa shape index (κ2) is 23.1. The largest absolute Gasteiger partial charge is 0.496 e. The van der Waals surface area contributed by atoms with Gasteiger partial charge in [-0.1, -0.05) is 27.7 Å². The van der Waals surface area contributed by atoms with Crippen molar-refractivity contribution >= 4 is 45.6 Å². The number of aromatic amines is 2. The van der Waals surface area contributed by atoms with E-state index in [-0.39, 0.29) is 64.1 Å². The van der Waals surface area contributed by atoms with Gasteiger partial charge in [-0.2, -0.15) is 26.3 Å². The number of hydrogen-bond donors (Lipinski definition) is 7. The number of halogens is 8. The lowest BCUT2D eigenvalue weighted by atomic mass is 9.73. The fourth-order valence-electron chi connectivity index (χ4n) is 8.98. The average molecular weight is 1060 g/mol. The molecule has 4 aromatic carbocycles. The Balaban J connectivity index is 0.000000278. The average Bonchev–Trinajstić information content (AvgIpc) is 3.92. The molecule has 0 fully saturated rings. The maximum atomic E-state index is 14.3. The molecule has 2 unspecified atom stereocenters. The molecule has 406 valence electrons. The van der Waals surface area contributed by atoms with Gasteiger partial charge >= 0.3 is 24.3 Å². The number of alkyl halides is 6. The molecule has 2 aromatic heterocycles. The van der Waals surface area contributed by atoms with Gasteiger partial charge in [-0.15, -0.1) is 0 Å². The standard InChI is InChI=1S/C28H32F4N2O5.C25H26F4N2O5/c1-26(2,21-14-19(29)8-10-23(21)38-3)16-27(37,28(30,31)32)15-20-13-18-12-17(7-9-22(18)34-20)25(36)33-11-5-6-24(35)39-4;1-23(2,18-10-16(26)5-7-20(18)36-3)13-24(35,25(27,28)29)11-17-9-15-8-14(4-6-19(15)31-17)22(34)30-12-21(32)33/h7-10,12-14,34,37H,5-6,11,15-16H2,1-4H3,(H,33,36);4-10,31,35H,11-13H2,1-3H3,(H,30,34)(H,32,33). The molecule has 7 N–H and O–H groups in total. The second-order valence-corrected chi connectivity index (χ2v) is 19.4. The lowest BCUT2D eigenvalue weighted by Gasteiger charge is -2.38. The van der Waals surface area contributed by atoms with Gasteiger partial charge in [0.15, 0.2) is 11.2 Å². The maximum absolute atomic E-state index is 14.3. The number of amides is 2. The minimum Gasteiger partial charge on any atom is -0.496 e. The molecule has 75 heavy (non-hydrogen) atoms. The van der Waals surface area contributed by atoms with Gasteiger partial charge in [-0.25, -0.2) is 8.78 Å². The molecule has 0 saturated heterocycles. The predicted molar refractivity (Wildman–Crippen MR) is 261 cm³/mol. The first-order valence-electron chi connectivity index (χ1n) is 23.2. The molecule has 0 aliphatic rings. The molecule has 14 nitrogen and oxygen atoms in total. The summed E-state index contributed by atoms with van der Waals surface area (Å²) in [6.45, 7) is 5.57. The van der Waals surface area contributed by atoms with Gasteiger partial charge in [0.1, 0.15) is 29.7 Å². The summed E-state index contributed by atoms with van der Waals surface area (Å²) in [6.07, 6.45) is -12.7. The number of aliphatic carboxylic acids is 1. The normalized spacial score (nSPS) is 13.8. The van der Waals surface area contributed by atoms with E-state index in [0.717, 1.165) is 24.3 Å². The summed E-state index contributed by atoms with van der Waals surface area (Å²) in [7, 11) is 3.94. The van der Waals surface area contributed by atoms with Crippen LogP contribution in [0.25, 0.3) is 21.8 Å². The summed E-state index contributed by atoms with van der Waals surface area (Å²) < 4.78 is 128. The molecule has 6 aromatic rings. The van der Waals surface area contributed by atoms with E-state index in [9.17, 15) is 64.5 Å². The van der Waals surface area contributed by atoms with E-state index in [1.165, 1.54) is 104 Å². The fourth-order valence-corrected chi connectivity index (χ4v) is 8.98. The number of carboxylic acids is 1. The zero-order valence-electron chi connectivity index (χ0n) is 42.0. The molecule has 0 radical (unpaired) electrons. The molecule has 2 amide bonds. The van der Waals surface area contributed by atoms with E-state index >= 15 is 0 Å². The van der Waals surface area contributed by atoms with Crippen molar-refractivity contribution in [2.45, 2.75) is 101 Å². The number of fused-ring (bicyclic) bond motifs is 2. The number of carboxylic acid groups (broad SMARTS) is 1. The summed E-state index contributed by atoms with van der Waals surface area (Å²) in [5, 5.41) is 36.4. The third-order valence-corrected chi connectivity index (χ3v) is 12.6. The van der Waals surface area contributed by atoms with Gasteiger partial charge in [-0.05, 0) is 115 Å². The lowest BCUT2D eigenvalue weighted by Crippen LogP contribution is -2.51. The van der Waals surface area contributed by atoms with Gasteiger partial charge in [0, 0.05) is 81.3 Å². The van der Waals surface area contributed by atoms with E-state index in [1.54, 1.807) is 6.07 Å². The van der Waals surface area contributed by atoms with Crippen LogP contribution in [0.15, 0.2) is 84.9 Å².